The number of carbonyl (C=O) groups excluding carboxylic acids is 1. The van der Waals surface area contributed by atoms with Crippen LogP contribution in [0.25, 0.3) is 0 Å². The summed E-state index contributed by atoms with van der Waals surface area (Å²) in [5.41, 5.74) is 0. The molecule has 0 aromatic carbocycles. The molecule has 11 heavy (non-hydrogen) atoms. The van der Waals surface area contributed by atoms with E-state index in [9.17, 15) is 4.79 Å². The Kier molecular flexibility index (Phi) is 5.47. The lowest BCUT2D eigenvalue weighted by atomic mass is 10.5. The predicted molar refractivity (Wildman–Crippen MR) is 42.2 cm³/mol. The van der Waals surface area contributed by atoms with E-state index in [2.05, 4.69) is 11.3 Å². The van der Waals surface area contributed by atoms with Crippen molar-refractivity contribution in [2.45, 2.75) is 20.0 Å². The molecule has 0 rings (SSSR count). The molecule has 0 spiro atoms. The Labute approximate surface area is 67.0 Å². The molecule has 0 bridgehead atoms. The third-order valence-electron chi connectivity index (χ3n) is 0.946. The molecule has 0 unspecified atom stereocenters. The van der Waals surface area contributed by atoms with Gasteiger partial charge in [-0.05, 0) is 13.8 Å². The number of ether oxygens (including phenoxy) is 2. The van der Waals surface area contributed by atoms with Crippen LogP contribution in [0.15, 0.2) is 12.7 Å². The minimum absolute atomic E-state index is 0.178. The monoisotopic (exact) mass is 158 g/mol. The SMILES string of the molecule is C=CC(=O)OCCOC(C)C. The summed E-state index contributed by atoms with van der Waals surface area (Å²) in [6.07, 6.45) is 1.31. The maximum Gasteiger partial charge on any atom is 0.330 e. The fraction of sp³-hybridized carbons (Fsp3) is 0.625. The molecular formula is C8H14O3. The first-order chi connectivity index (χ1) is 5.16. The fourth-order valence-corrected chi connectivity index (χ4v) is 0.485. The van der Waals surface area contributed by atoms with Crippen LogP contribution in [0.4, 0.5) is 0 Å². The highest BCUT2D eigenvalue weighted by atomic mass is 16.6. The van der Waals surface area contributed by atoms with E-state index >= 15 is 0 Å². The van der Waals surface area contributed by atoms with Crippen LogP contribution in [0, 0.1) is 0 Å². The second kappa shape index (κ2) is 5.92. The molecule has 0 saturated heterocycles. The van der Waals surface area contributed by atoms with Gasteiger partial charge in [0.2, 0.25) is 0 Å². The molecule has 3 heteroatoms. The molecule has 3 nitrogen and oxygen atoms in total. The largest absolute Gasteiger partial charge is 0.460 e. The van der Waals surface area contributed by atoms with E-state index in [0.717, 1.165) is 6.08 Å². The highest BCUT2D eigenvalue weighted by Gasteiger charge is 1.95. The molecule has 0 aliphatic rings. The van der Waals surface area contributed by atoms with Crippen LogP contribution in [-0.2, 0) is 14.3 Å². The van der Waals surface area contributed by atoms with E-state index in [4.69, 9.17) is 4.74 Å². The maximum atomic E-state index is 10.5. The Hall–Kier alpha value is -0.830. The lowest BCUT2D eigenvalue weighted by Crippen LogP contribution is -2.11. The molecule has 0 aromatic rings. The summed E-state index contributed by atoms with van der Waals surface area (Å²) in [6, 6.07) is 0. The summed E-state index contributed by atoms with van der Waals surface area (Å²) in [5.74, 6) is -0.405. The topological polar surface area (TPSA) is 35.5 Å². The molecule has 0 saturated carbocycles. The minimum Gasteiger partial charge on any atom is -0.460 e. The molecule has 0 atom stereocenters. The van der Waals surface area contributed by atoms with Gasteiger partial charge in [0.05, 0.1) is 12.7 Å². The zero-order chi connectivity index (χ0) is 8.69. The lowest BCUT2D eigenvalue weighted by Gasteiger charge is -2.06. The number of hydrogen-bond donors (Lipinski definition) is 0. The van der Waals surface area contributed by atoms with Crippen molar-refractivity contribution < 1.29 is 14.3 Å². The van der Waals surface area contributed by atoms with E-state index in [1.54, 1.807) is 0 Å². The Morgan fingerprint density at radius 3 is 2.64 bits per heavy atom. The first-order valence-corrected chi connectivity index (χ1v) is 3.57. The summed E-state index contributed by atoms with van der Waals surface area (Å²) in [6.45, 7) is 7.85. The van der Waals surface area contributed by atoms with Gasteiger partial charge in [0, 0.05) is 6.08 Å². The highest BCUT2D eigenvalue weighted by molar-refractivity contribution is 5.81. The Bertz CT molecular complexity index is 129. The van der Waals surface area contributed by atoms with Gasteiger partial charge >= 0.3 is 5.97 Å². The molecule has 0 aliphatic carbocycles. The molecular weight excluding hydrogens is 144 g/mol. The molecule has 0 aliphatic heterocycles. The van der Waals surface area contributed by atoms with Gasteiger partial charge in [-0.1, -0.05) is 6.58 Å². The third kappa shape index (κ3) is 7.06. The van der Waals surface area contributed by atoms with E-state index in [1.807, 2.05) is 13.8 Å². The van der Waals surface area contributed by atoms with Gasteiger partial charge in [-0.25, -0.2) is 4.79 Å². The lowest BCUT2D eigenvalue weighted by molar-refractivity contribution is -0.139. The van der Waals surface area contributed by atoms with Gasteiger partial charge in [0.25, 0.3) is 0 Å². The average Bonchev–Trinajstić information content (AvgIpc) is 1.97. The molecule has 0 heterocycles. The van der Waals surface area contributed by atoms with Crippen LogP contribution in [0.5, 0.6) is 0 Å². The van der Waals surface area contributed by atoms with Crippen molar-refractivity contribution in [3.63, 3.8) is 0 Å². The van der Waals surface area contributed by atoms with Crippen molar-refractivity contribution >= 4 is 5.97 Å². The summed E-state index contributed by atoms with van der Waals surface area (Å²) in [7, 11) is 0. The first-order valence-electron chi connectivity index (χ1n) is 3.57. The van der Waals surface area contributed by atoms with Crippen LogP contribution in [-0.4, -0.2) is 25.3 Å². The zero-order valence-corrected chi connectivity index (χ0v) is 7.00. The summed E-state index contributed by atoms with van der Waals surface area (Å²) < 4.78 is 9.78. The Morgan fingerprint density at radius 1 is 1.55 bits per heavy atom. The van der Waals surface area contributed by atoms with Crippen molar-refractivity contribution in [1.29, 1.82) is 0 Å². The highest BCUT2D eigenvalue weighted by Crippen LogP contribution is 1.87. The van der Waals surface area contributed by atoms with Crippen LogP contribution in [0.1, 0.15) is 13.8 Å². The average molecular weight is 158 g/mol. The summed E-state index contributed by atoms with van der Waals surface area (Å²) in [5, 5.41) is 0. The summed E-state index contributed by atoms with van der Waals surface area (Å²) >= 11 is 0. The zero-order valence-electron chi connectivity index (χ0n) is 7.00. The van der Waals surface area contributed by atoms with Crippen LogP contribution in [0.3, 0.4) is 0 Å². The van der Waals surface area contributed by atoms with Crippen molar-refractivity contribution in [3.05, 3.63) is 12.7 Å². The van der Waals surface area contributed by atoms with E-state index in [-0.39, 0.29) is 6.10 Å². The van der Waals surface area contributed by atoms with Crippen molar-refractivity contribution in [3.8, 4) is 0 Å². The summed E-state index contributed by atoms with van der Waals surface area (Å²) in [4.78, 5) is 10.5. The van der Waals surface area contributed by atoms with Crippen molar-refractivity contribution in [2.75, 3.05) is 13.2 Å². The molecule has 64 valence electrons. The van der Waals surface area contributed by atoms with Crippen LogP contribution < -0.4 is 0 Å². The smallest absolute Gasteiger partial charge is 0.330 e. The maximum absolute atomic E-state index is 10.5. The van der Waals surface area contributed by atoms with E-state index in [1.165, 1.54) is 0 Å². The molecule has 0 fully saturated rings. The normalized spacial score (nSPS) is 9.73. The molecule has 0 radical (unpaired) electrons. The van der Waals surface area contributed by atoms with E-state index < -0.39 is 5.97 Å². The number of carbonyl (C=O) groups is 1. The van der Waals surface area contributed by atoms with Crippen molar-refractivity contribution in [1.82, 2.24) is 0 Å². The number of esters is 1. The minimum atomic E-state index is -0.405. The van der Waals surface area contributed by atoms with Crippen LogP contribution in [0.2, 0.25) is 0 Å². The van der Waals surface area contributed by atoms with Gasteiger partial charge in [-0.2, -0.15) is 0 Å². The van der Waals surface area contributed by atoms with Crippen LogP contribution >= 0.6 is 0 Å². The van der Waals surface area contributed by atoms with Gasteiger partial charge in [0.1, 0.15) is 6.61 Å². The van der Waals surface area contributed by atoms with Gasteiger partial charge in [-0.15, -0.1) is 0 Å². The van der Waals surface area contributed by atoms with Crippen molar-refractivity contribution in [2.24, 2.45) is 0 Å². The second-order valence-corrected chi connectivity index (χ2v) is 2.29. The number of hydrogen-bond acceptors (Lipinski definition) is 3. The molecule has 0 aromatic heterocycles. The van der Waals surface area contributed by atoms with Gasteiger partial charge < -0.3 is 9.47 Å². The number of rotatable bonds is 5. The molecule has 0 amide bonds. The standard InChI is InChI=1S/C8H14O3/c1-4-8(9)11-6-5-10-7(2)3/h4,7H,1,5-6H2,2-3H3. The van der Waals surface area contributed by atoms with E-state index in [0.29, 0.717) is 13.2 Å². The Morgan fingerprint density at radius 2 is 2.18 bits per heavy atom. The predicted octanol–water partition coefficient (Wildman–Crippen LogP) is 1.14. The third-order valence-corrected chi connectivity index (χ3v) is 0.946. The molecule has 0 N–H and O–H groups in total. The second-order valence-electron chi connectivity index (χ2n) is 2.29. The quantitative estimate of drug-likeness (QED) is 0.342. The first kappa shape index (κ1) is 10.2. The van der Waals surface area contributed by atoms with Gasteiger partial charge in [-0.3, -0.25) is 0 Å². The fourth-order valence-electron chi connectivity index (χ4n) is 0.485. The van der Waals surface area contributed by atoms with Gasteiger partial charge in [0.15, 0.2) is 0 Å². The Balaban J connectivity index is 3.14.